The molecule has 3 aliphatic rings. The Hall–Kier alpha value is -2.86. The Kier molecular flexibility index (Phi) is 5.56. The number of aromatic nitrogens is 2. The largest absolute Gasteiger partial charge is 0.489 e. The minimum absolute atomic E-state index is 0.00980. The van der Waals surface area contributed by atoms with Crippen molar-refractivity contribution in [3.05, 3.63) is 54.4 Å². The number of ether oxygens (including phenoxy) is 1. The molecule has 1 aliphatic heterocycles. The van der Waals surface area contributed by atoms with Crippen molar-refractivity contribution in [1.82, 2.24) is 19.4 Å². The lowest BCUT2D eigenvalue weighted by molar-refractivity contribution is 0.0568. The molecule has 2 bridgehead atoms. The van der Waals surface area contributed by atoms with Crippen LogP contribution in [0.1, 0.15) is 48.9 Å². The van der Waals surface area contributed by atoms with Crippen molar-refractivity contribution >= 4 is 16.8 Å². The topological polar surface area (TPSA) is 50.6 Å². The van der Waals surface area contributed by atoms with E-state index in [0.717, 1.165) is 66.3 Å². The maximum atomic E-state index is 12.3. The molecular formula is C28H34N4O2. The molecule has 3 atom stereocenters. The van der Waals surface area contributed by atoms with Crippen LogP contribution < -0.4 is 4.74 Å². The van der Waals surface area contributed by atoms with Gasteiger partial charge in [0.05, 0.1) is 11.7 Å². The minimum atomic E-state index is 0.00980. The summed E-state index contributed by atoms with van der Waals surface area (Å²) in [6.45, 7) is 2.33. The summed E-state index contributed by atoms with van der Waals surface area (Å²) < 4.78 is 8.36. The zero-order valence-corrected chi connectivity index (χ0v) is 20.2. The fourth-order valence-electron chi connectivity index (χ4n) is 6.49. The third-order valence-electron chi connectivity index (χ3n) is 8.26. The Morgan fingerprint density at radius 1 is 1.03 bits per heavy atom. The fraction of sp³-hybridized carbons (Fsp3) is 0.500. The van der Waals surface area contributed by atoms with Gasteiger partial charge in [-0.05, 0) is 80.3 Å². The number of piperidine rings is 1. The monoisotopic (exact) mass is 458 g/mol. The average Bonchev–Trinajstić information content (AvgIpc) is 3.60. The summed E-state index contributed by atoms with van der Waals surface area (Å²) in [6, 6.07) is 12.7. The summed E-state index contributed by atoms with van der Waals surface area (Å²) in [7, 11) is 3.54. The second kappa shape index (κ2) is 8.73. The minimum Gasteiger partial charge on any atom is -0.489 e. The van der Waals surface area contributed by atoms with Gasteiger partial charge in [-0.15, -0.1) is 0 Å². The van der Waals surface area contributed by atoms with Crippen LogP contribution in [0.15, 0.2) is 48.8 Å². The van der Waals surface area contributed by atoms with Gasteiger partial charge in [0.1, 0.15) is 17.7 Å². The zero-order valence-electron chi connectivity index (χ0n) is 20.2. The second-order valence-electron chi connectivity index (χ2n) is 10.6. The Morgan fingerprint density at radius 3 is 2.56 bits per heavy atom. The third-order valence-corrected chi connectivity index (χ3v) is 8.26. The first-order valence-electron chi connectivity index (χ1n) is 12.7. The van der Waals surface area contributed by atoms with E-state index >= 15 is 0 Å². The predicted molar refractivity (Wildman–Crippen MR) is 134 cm³/mol. The number of hydrogen-bond donors (Lipinski definition) is 0. The summed E-state index contributed by atoms with van der Waals surface area (Å²) in [5, 5.41) is 1.03. The van der Waals surface area contributed by atoms with E-state index in [4.69, 9.17) is 4.74 Å². The third kappa shape index (κ3) is 3.98. The van der Waals surface area contributed by atoms with Gasteiger partial charge in [0, 0.05) is 50.4 Å². The summed E-state index contributed by atoms with van der Waals surface area (Å²) in [5.74, 6) is 3.67. The fourth-order valence-corrected chi connectivity index (χ4v) is 6.49. The predicted octanol–water partition coefficient (Wildman–Crippen LogP) is 4.76. The number of benzene rings is 1. The highest BCUT2D eigenvalue weighted by Crippen LogP contribution is 2.47. The molecule has 2 aliphatic carbocycles. The molecular weight excluding hydrogens is 424 g/mol. The van der Waals surface area contributed by atoms with E-state index in [1.54, 1.807) is 19.0 Å². The molecule has 6 nitrogen and oxygen atoms in total. The van der Waals surface area contributed by atoms with Crippen LogP contribution in [0.4, 0.5) is 0 Å². The second-order valence-corrected chi connectivity index (χ2v) is 10.6. The molecule has 2 aromatic heterocycles. The van der Waals surface area contributed by atoms with E-state index in [-0.39, 0.29) is 12.0 Å². The highest BCUT2D eigenvalue weighted by molar-refractivity contribution is 5.98. The lowest BCUT2D eigenvalue weighted by Gasteiger charge is -2.39. The smallest absolute Gasteiger partial charge is 0.253 e. The highest BCUT2D eigenvalue weighted by Gasteiger charge is 2.42. The molecule has 0 spiro atoms. The van der Waals surface area contributed by atoms with Crippen molar-refractivity contribution in [3.8, 4) is 11.6 Å². The van der Waals surface area contributed by atoms with Crippen molar-refractivity contribution in [2.75, 3.05) is 27.2 Å². The molecule has 0 N–H and O–H groups in total. The summed E-state index contributed by atoms with van der Waals surface area (Å²) in [6.07, 6.45) is 12.2. The van der Waals surface area contributed by atoms with Crippen LogP contribution in [0.5, 0.6) is 5.75 Å². The van der Waals surface area contributed by atoms with E-state index in [1.807, 2.05) is 48.8 Å². The van der Waals surface area contributed by atoms with Gasteiger partial charge in [0.25, 0.3) is 5.91 Å². The van der Waals surface area contributed by atoms with E-state index in [1.165, 1.54) is 25.7 Å². The van der Waals surface area contributed by atoms with Gasteiger partial charge >= 0.3 is 0 Å². The standard InChI is InChI=1S/C28H34N4O2/c1-30(2)28(33)22-5-7-25-21(17-22)9-14-32(25)27-8-6-24(18-29-27)34-23-10-12-31(13-11-23)26-16-19-3-4-20(26)15-19/h5-9,14,17-20,23,26H,3-4,10-13,15-16H2,1-2H3/t19-,20+,26?/m1/s1. The number of pyridine rings is 1. The number of rotatable bonds is 5. The van der Waals surface area contributed by atoms with Crippen LogP contribution in [-0.4, -0.2) is 64.6 Å². The van der Waals surface area contributed by atoms with Crippen LogP contribution >= 0.6 is 0 Å². The summed E-state index contributed by atoms with van der Waals surface area (Å²) >= 11 is 0. The van der Waals surface area contributed by atoms with Crippen LogP contribution in [0.25, 0.3) is 16.7 Å². The normalized spacial score (nSPS) is 25.2. The first kappa shape index (κ1) is 21.7. The van der Waals surface area contributed by atoms with Crippen LogP contribution in [0.2, 0.25) is 0 Å². The Bertz CT molecular complexity index is 1180. The SMILES string of the molecule is CN(C)C(=O)c1ccc2c(ccn2-c2ccc(OC3CCN(C4C[C@@H]5CC[C@H]4C5)CC3)cn2)c1. The van der Waals surface area contributed by atoms with E-state index in [0.29, 0.717) is 5.56 Å². The number of nitrogens with zero attached hydrogens (tertiary/aromatic N) is 4. The quantitative estimate of drug-likeness (QED) is 0.553. The Morgan fingerprint density at radius 2 is 1.88 bits per heavy atom. The van der Waals surface area contributed by atoms with Gasteiger partial charge < -0.3 is 14.2 Å². The zero-order chi connectivity index (χ0) is 23.2. The number of amides is 1. The number of likely N-dealkylation sites (tertiary alicyclic amines) is 1. The van der Waals surface area contributed by atoms with Crippen LogP contribution in [0, 0.1) is 11.8 Å². The lowest BCUT2D eigenvalue weighted by Crippen LogP contribution is -2.46. The molecule has 6 rings (SSSR count). The molecule has 6 heteroatoms. The Labute approximate surface area is 201 Å². The van der Waals surface area contributed by atoms with E-state index in [2.05, 4.69) is 14.5 Å². The van der Waals surface area contributed by atoms with Gasteiger partial charge in [-0.2, -0.15) is 0 Å². The van der Waals surface area contributed by atoms with Gasteiger partial charge in [0.15, 0.2) is 0 Å². The number of fused-ring (bicyclic) bond motifs is 3. The number of carbonyl (C=O) groups is 1. The number of carbonyl (C=O) groups excluding carboxylic acids is 1. The van der Waals surface area contributed by atoms with Crippen LogP contribution in [-0.2, 0) is 0 Å². The van der Waals surface area contributed by atoms with Gasteiger partial charge in [0.2, 0.25) is 0 Å². The summed E-state index contributed by atoms with van der Waals surface area (Å²) in [5.41, 5.74) is 1.72. The molecule has 3 fully saturated rings. The summed E-state index contributed by atoms with van der Waals surface area (Å²) in [4.78, 5) is 21.3. The molecule has 2 saturated carbocycles. The Balaban J connectivity index is 1.09. The molecule has 3 aromatic rings. The lowest BCUT2D eigenvalue weighted by atomic mass is 9.92. The van der Waals surface area contributed by atoms with Gasteiger partial charge in [-0.1, -0.05) is 6.42 Å². The molecule has 178 valence electrons. The van der Waals surface area contributed by atoms with Gasteiger partial charge in [-0.25, -0.2) is 4.98 Å². The van der Waals surface area contributed by atoms with Crippen molar-refractivity contribution in [2.24, 2.45) is 11.8 Å². The van der Waals surface area contributed by atoms with E-state index < -0.39 is 0 Å². The maximum Gasteiger partial charge on any atom is 0.253 e. The van der Waals surface area contributed by atoms with Crippen molar-refractivity contribution in [1.29, 1.82) is 0 Å². The van der Waals surface area contributed by atoms with Crippen molar-refractivity contribution < 1.29 is 9.53 Å². The van der Waals surface area contributed by atoms with Crippen molar-refractivity contribution in [3.63, 3.8) is 0 Å². The van der Waals surface area contributed by atoms with Gasteiger partial charge in [-0.3, -0.25) is 9.69 Å². The molecule has 1 saturated heterocycles. The molecule has 1 unspecified atom stereocenters. The average molecular weight is 459 g/mol. The maximum absolute atomic E-state index is 12.3. The van der Waals surface area contributed by atoms with Crippen molar-refractivity contribution in [2.45, 2.75) is 50.7 Å². The first-order chi connectivity index (χ1) is 16.5. The molecule has 1 amide bonds. The first-order valence-corrected chi connectivity index (χ1v) is 12.7. The number of hydrogen-bond acceptors (Lipinski definition) is 4. The highest BCUT2D eigenvalue weighted by atomic mass is 16.5. The molecule has 1 aromatic carbocycles. The molecule has 34 heavy (non-hydrogen) atoms. The molecule has 3 heterocycles. The van der Waals surface area contributed by atoms with E-state index in [9.17, 15) is 4.79 Å². The van der Waals surface area contributed by atoms with Crippen LogP contribution in [0.3, 0.4) is 0 Å². The molecule has 0 radical (unpaired) electrons.